The molecule has 0 unspecified atom stereocenters. The number of urea groups is 1. The number of para-hydroxylation sites is 1. The van der Waals surface area contributed by atoms with E-state index in [1.54, 1.807) is 43.4 Å². The maximum atomic E-state index is 12.2. The van der Waals surface area contributed by atoms with Crippen LogP contribution >= 0.6 is 0 Å². The lowest BCUT2D eigenvalue weighted by molar-refractivity contribution is 0.102. The van der Waals surface area contributed by atoms with Gasteiger partial charge in [-0.05, 0) is 36.4 Å². The monoisotopic (exact) mass is 284 g/mol. The number of amides is 3. The molecule has 0 radical (unpaired) electrons. The van der Waals surface area contributed by atoms with Gasteiger partial charge in [0.2, 0.25) is 0 Å². The van der Waals surface area contributed by atoms with Crippen LogP contribution in [0.5, 0.6) is 0 Å². The number of carbonyl (C=O) groups is 2. The van der Waals surface area contributed by atoms with Gasteiger partial charge >= 0.3 is 6.03 Å². The molecule has 6 heteroatoms. The zero-order valence-electron chi connectivity index (χ0n) is 11.5. The van der Waals surface area contributed by atoms with Gasteiger partial charge in [-0.15, -0.1) is 0 Å². The average molecular weight is 284 g/mol. The molecule has 3 amide bonds. The Bertz CT molecular complexity index is 653. The summed E-state index contributed by atoms with van der Waals surface area (Å²) in [5.74, 6) is -0.212. The van der Waals surface area contributed by atoms with Crippen molar-refractivity contribution in [3.8, 4) is 0 Å². The Morgan fingerprint density at radius 1 is 0.905 bits per heavy atom. The fourth-order valence-corrected chi connectivity index (χ4v) is 1.88. The quantitative estimate of drug-likeness (QED) is 0.694. The molecule has 0 bridgehead atoms. The zero-order chi connectivity index (χ0) is 15.2. The molecule has 0 aliphatic carbocycles. The molecule has 0 spiro atoms. The van der Waals surface area contributed by atoms with Crippen molar-refractivity contribution >= 4 is 29.0 Å². The predicted octanol–water partition coefficient (Wildman–Crippen LogP) is 2.47. The molecule has 0 saturated heterocycles. The summed E-state index contributed by atoms with van der Waals surface area (Å²) in [5.41, 5.74) is 7.52. The van der Waals surface area contributed by atoms with Gasteiger partial charge in [-0.1, -0.05) is 12.1 Å². The van der Waals surface area contributed by atoms with Crippen molar-refractivity contribution in [1.29, 1.82) is 0 Å². The number of nitrogens with two attached hydrogens (primary N) is 1. The van der Waals surface area contributed by atoms with E-state index in [1.807, 2.05) is 12.1 Å². The predicted molar refractivity (Wildman–Crippen MR) is 83.6 cm³/mol. The molecule has 2 aromatic rings. The smallest absolute Gasteiger partial charge is 0.316 e. The summed E-state index contributed by atoms with van der Waals surface area (Å²) < 4.78 is 0. The van der Waals surface area contributed by atoms with Crippen molar-refractivity contribution in [1.82, 2.24) is 0 Å². The number of nitrogens with one attached hydrogen (secondary N) is 3. The fourth-order valence-electron chi connectivity index (χ4n) is 1.88. The third-order valence-corrected chi connectivity index (χ3v) is 2.85. The van der Waals surface area contributed by atoms with Crippen LogP contribution in [0.3, 0.4) is 0 Å². The van der Waals surface area contributed by atoms with E-state index in [0.29, 0.717) is 16.9 Å². The van der Waals surface area contributed by atoms with E-state index in [-0.39, 0.29) is 5.91 Å². The first-order valence-electron chi connectivity index (χ1n) is 6.35. The van der Waals surface area contributed by atoms with Gasteiger partial charge in [-0.3, -0.25) is 4.79 Å². The zero-order valence-corrected chi connectivity index (χ0v) is 11.5. The molecule has 6 nitrogen and oxygen atoms in total. The normalized spacial score (nSPS) is 9.76. The van der Waals surface area contributed by atoms with E-state index in [4.69, 9.17) is 5.73 Å². The standard InChI is InChI=1S/C15H16N4O2/c1-17-13-5-3-2-4-12(13)14(20)18-10-6-8-11(9-7-10)19-15(16)21/h2-9,17H,1H3,(H,18,20)(H3,16,19,21). The number of hydrogen-bond acceptors (Lipinski definition) is 3. The van der Waals surface area contributed by atoms with E-state index in [9.17, 15) is 9.59 Å². The third kappa shape index (κ3) is 3.73. The molecule has 0 atom stereocenters. The van der Waals surface area contributed by atoms with Crippen LogP contribution in [0.4, 0.5) is 21.9 Å². The lowest BCUT2D eigenvalue weighted by atomic mass is 10.1. The van der Waals surface area contributed by atoms with Crippen LogP contribution < -0.4 is 21.7 Å². The molecule has 21 heavy (non-hydrogen) atoms. The van der Waals surface area contributed by atoms with Crippen LogP contribution in [-0.4, -0.2) is 19.0 Å². The largest absolute Gasteiger partial charge is 0.387 e. The Labute approximate surface area is 122 Å². The lowest BCUT2D eigenvalue weighted by Gasteiger charge is -2.10. The summed E-state index contributed by atoms with van der Waals surface area (Å²) in [7, 11) is 1.76. The number of anilines is 3. The third-order valence-electron chi connectivity index (χ3n) is 2.85. The number of primary amides is 1. The SMILES string of the molecule is CNc1ccccc1C(=O)Nc1ccc(NC(N)=O)cc1. The summed E-state index contributed by atoms with van der Waals surface area (Å²) >= 11 is 0. The second kappa shape index (κ2) is 6.42. The Balaban J connectivity index is 2.10. The first-order valence-corrected chi connectivity index (χ1v) is 6.35. The Kier molecular flexibility index (Phi) is 4.40. The molecule has 0 aliphatic rings. The van der Waals surface area contributed by atoms with Crippen LogP contribution in [0.25, 0.3) is 0 Å². The van der Waals surface area contributed by atoms with Crippen LogP contribution in [-0.2, 0) is 0 Å². The van der Waals surface area contributed by atoms with Crippen molar-refractivity contribution in [3.63, 3.8) is 0 Å². The molecule has 2 aromatic carbocycles. The van der Waals surface area contributed by atoms with Crippen molar-refractivity contribution < 1.29 is 9.59 Å². The second-order valence-corrected chi connectivity index (χ2v) is 4.32. The first kappa shape index (κ1) is 14.4. The minimum atomic E-state index is -0.630. The van der Waals surface area contributed by atoms with E-state index >= 15 is 0 Å². The van der Waals surface area contributed by atoms with Crippen LogP contribution in [0.1, 0.15) is 10.4 Å². The molecule has 0 fully saturated rings. The van der Waals surface area contributed by atoms with Crippen LogP contribution in [0, 0.1) is 0 Å². The first-order chi connectivity index (χ1) is 10.1. The van der Waals surface area contributed by atoms with Gasteiger partial charge in [0.25, 0.3) is 5.91 Å². The van der Waals surface area contributed by atoms with Gasteiger partial charge in [0.1, 0.15) is 0 Å². The highest BCUT2D eigenvalue weighted by atomic mass is 16.2. The Hall–Kier alpha value is -3.02. The number of carbonyl (C=O) groups excluding carboxylic acids is 2. The number of benzene rings is 2. The molecule has 5 N–H and O–H groups in total. The van der Waals surface area contributed by atoms with Gasteiger partial charge < -0.3 is 21.7 Å². The topological polar surface area (TPSA) is 96.2 Å². The average Bonchev–Trinajstić information content (AvgIpc) is 2.48. The van der Waals surface area contributed by atoms with Crippen LogP contribution in [0.15, 0.2) is 48.5 Å². The number of rotatable bonds is 4. The van der Waals surface area contributed by atoms with E-state index in [0.717, 1.165) is 5.69 Å². The van der Waals surface area contributed by atoms with Gasteiger partial charge in [0.15, 0.2) is 0 Å². The van der Waals surface area contributed by atoms with Gasteiger partial charge in [0, 0.05) is 24.1 Å². The summed E-state index contributed by atoms with van der Waals surface area (Å²) in [5, 5.41) is 8.21. The molecule has 2 rings (SSSR count). The maximum Gasteiger partial charge on any atom is 0.316 e. The summed E-state index contributed by atoms with van der Waals surface area (Å²) in [6.45, 7) is 0. The highest BCUT2D eigenvalue weighted by molar-refractivity contribution is 6.08. The molecule has 0 heterocycles. The Morgan fingerprint density at radius 3 is 2.05 bits per heavy atom. The molecular weight excluding hydrogens is 268 g/mol. The van der Waals surface area contributed by atoms with Crippen molar-refractivity contribution in [2.45, 2.75) is 0 Å². The van der Waals surface area contributed by atoms with Crippen LogP contribution in [0.2, 0.25) is 0 Å². The van der Waals surface area contributed by atoms with E-state index < -0.39 is 6.03 Å². The van der Waals surface area contributed by atoms with Gasteiger partial charge in [0.05, 0.1) is 5.56 Å². The lowest BCUT2D eigenvalue weighted by Crippen LogP contribution is -2.19. The van der Waals surface area contributed by atoms with Crippen molar-refractivity contribution in [2.24, 2.45) is 5.73 Å². The highest BCUT2D eigenvalue weighted by Crippen LogP contribution is 2.18. The highest BCUT2D eigenvalue weighted by Gasteiger charge is 2.10. The summed E-state index contributed by atoms with van der Waals surface area (Å²) in [6.07, 6.45) is 0. The number of hydrogen-bond donors (Lipinski definition) is 4. The molecule has 108 valence electrons. The second-order valence-electron chi connectivity index (χ2n) is 4.32. The maximum absolute atomic E-state index is 12.2. The van der Waals surface area contributed by atoms with Crippen molar-refractivity contribution in [3.05, 3.63) is 54.1 Å². The minimum absolute atomic E-state index is 0.212. The van der Waals surface area contributed by atoms with E-state index in [1.165, 1.54) is 0 Å². The van der Waals surface area contributed by atoms with Gasteiger partial charge in [-0.2, -0.15) is 0 Å². The summed E-state index contributed by atoms with van der Waals surface area (Å²) in [4.78, 5) is 22.9. The molecule has 0 aliphatic heterocycles. The molecular formula is C15H16N4O2. The summed E-state index contributed by atoms with van der Waals surface area (Å²) in [6, 6.07) is 13.3. The molecule has 0 aromatic heterocycles. The fraction of sp³-hybridized carbons (Fsp3) is 0.0667. The van der Waals surface area contributed by atoms with E-state index in [2.05, 4.69) is 16.0 Å². The van der Waals surface area contributed by atoms with Gasteiger partial charge in [-0.25, -0.2) is 4.79 Å². The minimum Gasteiger partial charge on any atom is -0.387 e. The molecule has 0 saturated carbocycles. The van der Waals surface area contributed by atoms with Crippen molar-refractivity contribution in [2.75, 3.05) is 23.0 Å². The Morgan fingerprint density at radius 2 is 1.48 bits per heavy atom.